The minimum absolute atomic E-state index is 0.313. The molecule has 0 radical (unpaired) electrons. The molecule has 0 aromatic heterocycles. The zero-order valence-electron chi connectivity index (χ0n) is 16.4. The topological polar surface area (TPSA) is 77.0 Å². The first-order valence-corrected chi connectivity index (χ1v) is 9.82. The predicted octanol–water partition coefficient (Wildman–Crippen LogP) is 4.75. The van der Waals surface area contributed by atoms with Gasteiger partial charge in [-0.1, -0.05) is 34.1 Å². The number of amides is 1. The second-order valence-electron chi connectivity index (χ2n) is 6.31. The first-order valence-electron chi connectivity index (χ1n) is 9.03. The zero-order chi connectivity index (χ0) is 21.5. The number of nitrogens with zero attached hydrogens (tertiary/aromatic N) is 1. The third-order valence-corrected chi connectivity index (χ3v) is 4.75. The zero-order valence-corrected chi connectivity index (χ0v) is 18.0. The molecular formula is C23H19BrN2O4. The first-order chi connectivity index (χ1) is 14.5. The molecule has 0 spiro atoms. The predicted molar refractivity (Wildman–Crippen MR) is 118 cm³/mol. The minimum Gasteiger partial charge on any atom is -0.497 e. The van der Waals surface area contributed by atoms with Gasteiger partial charge in [-0.3, -0.25) is 4.79 Å². The van der Waals surface area contributed by atoms with E-state index >= 15 is 0 Å². The number of methoxy groups -OCH3 is 1. The highest BCUT2D eigenvalue weighted by Gasteiger charge is 2.12. The van der Waals surface area contributed by atoms with Crippen molar-refractivity contribution in [1.82, 2.24) is 5.43 Å². The van der Waals surface area contributed by atoms with Crippen molar-refractivity contribution in [2.75, 3.05) is 7.11 Å². The van der Waals surface area contributed by atoms with Gasteiger partial charge in [-0.15, -0.1) is 0 Å². The summed E-state index contributed by atoms with van der Waals surface area (Å²) in [6.45, 7) is 1.85. The quantitative estimate of drug-likeness (QED) is 0.246. The Morgan fingerprint density at radius 1 is 1.03 bits per heavy atom. The summed E-state index contributed by atoms with van der Waals surface area (Å²) in [6.07, 6.45) is 1.43. The lowest BCUT2D eigenvalue weighted by molar-refractivity contribution is 0.0734. The Morgan fingerprint density at radius 2 is 1.77 bits per heavy atom. The Kier molecular flexibility index (Phi) is 6.98. The summed E-state index contributed by atoms with van der Waals surface area (Å²) in [5, 5.41) is 4.01. The highest BCUT2D eigenvalue weighted by molar-refractivity contribution is 9.10. The number of carbonyl (C=O) groups excluding carboxylic acids is 2. The van der Waals surface area contributed by atoms with E-state index in [9.17, 15) is 9.59 Å². The summed E-state index contributed by atoms with van der Waals surface area (Å²) in [7, 11) is 1.55. The van der Waals surface area contributed by atoms with E-state index in [1.165, 1.54) is 6.21 Å². The highest BCUT2D eigenvalue weighted by atomic mass is 79.9. The average molecular weight is 467 g/mol. The lowest BCUT2D eigenvalue weighted by Crippen LogP contribution is -2.18. The number of ether oxygens (including phenoxy) is 2. The summed E-state index contributed by atoms with van der Waals surface area (Å²) in [4.78, 5) is 24.8. The third kappa shape index (κ3) is 5.33. The molecule has 30 heavy (non-hydrogen) atoms. The molecule has 0 unspecified atom stereocenters. The van der Waals surface area contributed by atoms with E-state index in [2.05, 4.69) is 26.5 Å². The molecule has 0 fully saturated rings. The van der Waals surface area contributed by atoms with Crippen LogP contribution in [0.1, 0.15) is 31.8 Å². The summed E-state index contributed by atoms with van der Waals surface area (Å²) in [5.41, 5.74) is 4.79. The normalized spacial score (nSPS) is 10.6. The van der Waals surface area contributed by atoms with E-state index in [1.807, 2.05) is 19.1 Å². The van der Waals surface area contributed by atoms with Crippen LogP contribution < -0.4 is 14.9 Å². The van der Waals surface area contributed by atoms with E-state index in [4.69, 9.17) is 9.47 Å². The van der Waals surface area contributed by atoms with Crippen LogP contribution in [0.2, 0.25) is 0 Å². The fourth-order valence-corrected chi connectivity index (χ4v) is 3.03. The van der Waals surface area contributed by atoms with E-state index in [0.29, 0.717) is 28.2 Å². The molecule has 0 saturated carbocycles. The number of hydrogen-bond donors (Lipinski definition) is 1. The Morgan fingerprint density at radius 3 is 2.47 bits per heavy atom. The molecule has 1 amide bonds. The van der Waals surface area contributed by atoms with Crippen LogP contribution in [0.15, 0.2) is 76.3 Å². The van der Waals surface area contributed by atoms with Gasteiger partial charge in [0.05, 0.1) is 18.9 Å². The van der Waals surface area contributed by atoms with Gasteiger partial charge in [-0.2, -0.15) is 5.10 Å². The van der Waals surface area contributed by atoms with Gasteiger partial charge in [0.25, 0.3) is 5.91 Å². The van der Waals surface area contributed by atoms with Gasteiger partial charge in [0.2, 0.25) is 0 Å². The van der Waals surface area contributed by atoms with Crippen LogP contribution >= 0.6 is 15.9 Å². The van der Waals surface area contributed by atoms with Gasteiger partial charge in [0.15, 0.2) is 0 Å². The number of hydrogen-bond acceptors (Lipinski definition) is 5. The van der Waals surface area contributed by atoms with Crippen LogP contribution in [-0.4, -0.2) is 25.2 Å². The van der Waals surface area contributed by atoms with Crippen molar-refractivity contribution >= 4 is 34.0 Å². The van der Waals surface area contributed by atoms with Gasteiger partial charge in [0, 0.05) is 15.6 Å². The largest absolute Gasteiger partial charge is 0.497 e. The van der Waals surface area contributed by atoms with Crippen LogP contribution in [0.3, 0.4) is 0 Å². The van der Waals surface area contributed by atoms with E-state index in [0.717, 1.165) is 10.0 Å². The summed E-state index contributed by atoms with van der Waals surface area (Å²) in [6, 6.07) is 19.0. The Hall–Kier alpha value is -3.45. The average Bonchev–Trinajstić information content (AvgIpc) is 2.75. The maximum absolute atomic E-state index is 12.5. The van der Waals surface area contributed by atoms with Gasteiger partial charge < -0.3 is 9.47 Å². The molecular weight excluding hydrogens is 448 g/mol. The van der Waals surface area contributed by atoms with Gasteiger partial charge in [0.1, 0.15) is 11.5 Å². The molecule has 7 heteroatoms. The molecule has 152 valence electrons. The van der Waals surface area contributed by atoms with Crippen molar-refractivity contribution in [3.8, 4) is 11.5 Å². The second-order valence-corrected chi connectivity index (χ2v) is 7.23. The maximum Gasteiger partial charge on any atom is 0.343 e. The van der Waals surface area contributed by atoms with Gasteiger partial charge in [-0.25, -0.2) is 10.2 Å². The van der Waals surface area contributed by atoms with Crippen molar-refractivity contribution in [2.45, 2.75) is 6.92 Å². The first kappa shape index (κ1) is 21.3. The Bertz CT molecular complexity index is 1090. The Balaban J connectivity index is 1.74. The number of aryl methyl sites for hydroxylation is 1. The third-order valence-electron chi connectivity index (χ3n) is 4.26. The number of nitrogens with one attached hydrogen (secondary N) is 1. The molecule has 3 aromatic rings. The van der Waals surface area contributed by atoms with Crippen LogP contribution in [0.25, 0.3) is 0 Å². The van der Waals surface area contributed by atoms with Crippen molar-refractivity contribution < 1.29 is 19.1 Å². The Labute approximate surface area is 182 Å². The minimum atomic E-state index is -0.515. The molecule has 0 bridgehead atoms. The number of esters is 1. The number of hydrazone groups is 1. The number of carbonyl (C=O) groups is 2. The summed E-state index contributed by atoms with van der Waals surface area (Å²) < 4.78 is 11.4. The summed E-state index contributed by atoms with van der Waals surface area (Å²) >= 11 is 3.39. The van der Waals surface area contributed by atoms with Gasteiger partial charge >= 0.3 is 5.97 Å². The van der Waals surface area contributed by atoms with Crippen LogP contribution in [0.4, 0.5) is 0 Å². The van der Waals surface area contributed by atoms with Crippen LogP contribution in [0.5, 0.6) is 11.5 Å². The van der Waals surface area contributed by atoms with Crippen LogP contribution in [0, 0.1) is 6.92 Å². The van der Waals surface area contributed by atoms with Crippen molar-refractivity contribution in [3.63, 3.8) is 0 Å². The standard InChI is InChI=1S/C23H19BrN2O4/c1-15-5-3-4-6-20(15)22(27)26-25-14-17-13-18(24)9-12-21(17)30-23(28)16-7-10-19(29-2)11-8-16/h3-14H,1-2H3,(H,26,27). The molecule has 3 rings (SSSR count). The van der Waals surface area contributed by atoms with Crippen LogP contribution in [-0.2, 0) is 0 Å². The molecule has 0 aliphatic carbocycles. The molecule has 0 atom stereocenters. The summed E-state index contributed by atoms with van der Waals surface area (Å²) in [5.74, 6) is 0.120. The monoisotopic (exact) mass is 466 g/mol. The molecule has 3 aromatic carbocycles. The van der Waals surface area contributed by atoms with Gasteiger partial charge in [-0.05, 0) is 61.0 Å². The second kappa shape index (κ2) is 9.84. The van der Waals surface area contributed by atoms with E-state index in [1.54, 1.807) is 61.7 Å². The smallest absolute Gasteiger partial charge is 0.343 e. The van der Waals surface area contributed by atoms with E-state index in [-0.39, 0.29) is 5.91 Å². The molecule has 6 nitrogen and oxygen atoms in total. The SMILES string of the molecule is COc1ccc(C(=O)Oc2ccc(Br)cc2C=NNC(=O)c2ccccc2C)cc1. The fourth-order valence-electron chi connectivity index (χ4n) is 2.65. The molecule has 1 N–H and O–H groups in total. The molecule has 0 aliphatic rings. The maximum atomic E-state index is 12.5. The molecule has 0 heterocycles. The lowest BCUT2D eigenvalue weighted by Gasteiger charge is -2.09. The number of rotatable bonds is 6. The lowest BCUT2D eigenvalue weighted by atomic mass is 10.1. The molecule has 0 saturated heterocycles. The highest BCUT2D eigenvalue weighted by Crippen LogP contribution is 2.23. The number of benzene rings is 3. The number of halogens is 1. The molecule has 0 aliphatic heterocycles. The van der Waals surface area contributed by atoms with Crippen molar-refractivity contribution in [2.24, 2.45) is 5.10 Å². The fraction of sp³-hybridized carbons (Fsp3) is 0.0870. The van der Waals surface area contributed by atoms with Crippen molar-refractivity contribution in [3.05, 3.63) is 93.5 Å². The van der Waals surface area contributed by atoms with E-state index < -0.39 is 5.97 Å². The van der Waals surface area contributed by atoms with Crippen molar-refractivity contribution in [1.29, 1.82) is 0 Å².